The molecule has 0 aliphatic heterocycles. The van der Waals surface area contributed by atoms with Gasteiger partial charge in [0.2, 0.25) is 5.78 Å². The van der Waals surface area contributed by atoms with Crippen LogP contribution < -0.4 is 5.73 Å². The second-order valence-corrected chi connectivity index (χ2v) is 9.81. The first-order valence-corrected chi connectivity index (χ1v) is 11.4. The van der Waals surface area contributed by atoms with Gasteiger partial charge in [-0.15, -0.1) is 0 Å². The zero-order chi connectivity index (χ0) is 26.3. The van der Waals surface area contributed by atoms with Crippen LogP contribution >= 0.6 is 0 Å². The van der Waals surface area contributed by atoms with E-state index in [-0.39, 0.29) is 47.4 Å². The quantitative estimate of drug-likeness (QED) is 0.391. The standard InChI is InChI=1S/C26H24N2O8/c1-28(2)25(35)11-4-3-10-5-12-6-13-7-14-9-16(29)19(24(27)34)23(33)26(14,36)22(32)18(13)21(31)17(12)20(30)15(10)8-11/h3-5,8,13-14,29-30,32,36H,6-7,9H2,1-2H3,(H2,27,34)/t13?,14-,26-/m0/s1. The summed E-state index contributed by atoms with van der Waals surface area (Å²) < 4.78 is 0. The number of carbonyl (C=O) groups is 4. The van der Waals surface area contributed by atoms with Crippen molar-refractivity contribution in [1.82, 2.24) is 4.90 Å². The number of hydrogen-bond donors (Lipinski definition) is 5. The molecule has 0 radical (unpaired) electrons. The Balaban J connectivity index is 1.68. The number of carbonyl (C=O) groups excluding carboxylic acids is 4. The largest absolute Gasteiger partial charge is 0.511 e. The number of hydrogen-bond acceptors (Lipinski definition) is 8. The van der Waals surface area contributed by atoms with Crippen molar-refractivity contribution in [3.05, 3.63) is 63.6 Å². The molecular formula is C26H24N2O8. The number of nitrogens with two attached hydrogens (primary N) is 1. The zero-order valence-electron chi connectivity index (χ0n) is 19.5. The Hall–Kier alpha value is -4.18. The number of allylic oxidation sites excluding steroid dienone is 2. The molecule has 2 amide bonds. The van der Waals surface area contributed by atoms with Crippen LogP contribution in [0, 0.1) is 11.8 Å². The topological polar surface area (TPSA) is 178 Å². The highest BCUT2D eigenvalue weighted by Gasteiger charge is 2.59. The Kier molecular flexibility index (Phi) is 5.01. The molecule has 2 aromatic carbocycles. The van der Waals surface area contributed by atoms with Crippen molar-refractivity contribution >= 4 is 34.2 Å². The lowest BCUT2D eigenvalue weighted by Gasteiger charge is -2.45. The number of benzene rings is 2. The van der Waals surface area contributed by atoms with Crippen molar-refractivity contribution in [2.24, 2.45) is 17.6 Å². The maximum atomic E-state index is 13.6. The predicted octanol–water partition coefficient (Wildman–Crippen LogP) is 1.44. The molecule has 36 heavy (non-hydrogen) atoms. The van der Waals surface area contributed by atoms with Crippen molar-refractivity contribution in [3.63, 3.8) is 0 Å². The van der Waals surface area contributed by atoms with E-state index in [0.717, 1.165) is 0 Å². The third-order valence-corrected chi connectivity index (χ3v) is 7.52. The van der Waals surface area contributed by atoms with Crippen LogP contribution in [0.2, 0.25) is 0 Å². The molecule has 0 saturated carbocycles. The number of Topliss-reactive ketones (excluding diaryl/α,β-unsaturated/α-hetero) is 2. The van der Waals surface area contributed by atoms with Gasteiger partial charge in [-0.3, -0.25) is 19.2 Å². The molecular weight excluding hydrogens is 468 g/mol. The maximum Gasteiger partial charge on any atom is 0.255 e. The smallest absolute Gasteiger partial charge is 0.255 e. The van der Waals surface area contributed by atoms with Crippen molar-refractivity contribution in [1.29, 1.82) is 0 Å². The first-order valence-electron chi connectivity index (χ1n) is 11.4. The van der Waals surface area contributed by atoms with Gasteiger partial charge < -0.3 is 31.1 Å². The molecule has 0 spiro atoms. The Labute approximate surface area is 204 Å². The first kappa shape index (κ1) is 23.6. The Morgan fingerprint density at radius 1 is 1.08 bits per heavy atom. The van der Waals surface area contributed by atoms with Crippen molar-refractivity contribution in [2.75, 3.05) is 14.1 Å². The monoisotopic (exact) mass is 492 g/mol. The van der Waals surface area contributed by atoms with Gasteiger partial charge in [-0.25, -0.2) is 0 Å². The van der Waals surface area contributed by atoms with Crippen LogP contribution in [-0.4, -0.2) is 68.4 Å². The van der Waals surface area contributed by atoms with Crippen LogP contribution in [-0.2, 0) is 16.0 Å². The third kappa shape index (κ3) is 3.00. The summed E-state index contributed by atoms with van der Waals surface area (Å²) in [5, 5.41) is 44.6. The zero-order valence-corrected chi connectivity index (χ0v) is 19.5. The molecule has 3 aliphatic rings. The second kappa shape index (κ2) is 7.66. The average Bonchev–Trinajstić information content (AvgIpc) is 2.80. The maximum absolute atomic E-state index is 13.6. The summed E-state index contributed by atoms with van der Waals surface area (Å²) in [4.78, 5) is 52.2. The fourth-order valence-corrected chi connectivity index (χ4v) is 5.78. The molecule has 0 bridgehead atoms. The molecule has 3 aliphatic carbocycles. The number of rotatable bonds is 2. The number of fused-ring (bicyclic) bond motifs is 4. The summed E-state index contributed by atoms with van der Waals surface area (Å²) in [6, 6.07) is 6.50. The normalized spacial score (nSPS) is 25.4. The van der Waals surface area contributed by atoms with Gasteiger partial charge >= 0.3 is 0 Å². The number of phenolic OH excluding ortho intramolecular Hbond substituents is 1. The number of aromatic hydroxyl groups is 1. The van der Waals surface area contributed by atoms with Crippen molar-refractivity contribution < 1.29 is 39.6 Å². The van der Waals surface area contributed by atoms with Crippen LogP contribution in [0.15, 0.2) is 46.9 Å². The molecule has 2 aromatic rings. The minimum absolute atomic E-state index is 0.0674. The molecule has 0 saturated heterocycles. The molecule has 10 heteroatoms. The van der Waals surface area contributed by atoms with Crippen LogP contribution in [0.1, 0.15) is 39.1 Å². The van der Waals surface area contributed by atoms with Gasteiger partial charge in [0.15, 0.2) is 11.4 Å². The van der Waals surface area contributed by atoms with E-state index in [0.29, 0.717) is 16.5 Å². The lowest BCUT2D eigenvalue weighted by atomic mass is 9.60. The highest BCUT2D eigenvalue weighted by Crippen LogP contribution is 2.52. The van der Waals surface area contributed by atoms with E-state index in [2.05, 4.69) is 0 Å². The fourth-order valence-electron chi connectivity index (χ4n) is 5.78. The summed E-state index contributed by atoms with van der Waals surface area (Å²) in [5.41, 5.74) is 2.30. The second-order valence-electron chi connectivity index (χ2n) is 9.81. The fraction of sp³-hybridized carbons (Fsp3) is 0.308. The summed E-state index contributed by atoms with van der Waals surface area (Å²) >= 11 is 0. The molecule has 1 unspecified atom stereocenters. The van der Waals surface area contributed by atoms with Gasteiger partial charge in [0.05, 0.1) is 5.56 Å². The van der Waals surface area contributed by atoms with E-state index < -0.39 is 52.0 Å². The Morgan fingerprint density at radius 2 is 1.78 bits per heavy atom. The molecule has 0 aromatic heterocycles. The van der Waals surface area contributed by atoms with Crippen LogP contribution in [0.3, 0.4) is 0 Å². The molecule has 10 nitrogen and oxygen atoms in total. The number of primary amides is 1. The molecule has 0 heterocycles. The summed E-state index contributed by atoms with van der Waals surface area (Å²) in [5.74, 6) is -6.99. The van der Waals surface area contributed by atoms with E-state index in [1.165, 1.54) is 11.0 Å². The average molecular weight is 492 g/mol. The number of nitrogens with zero attached hydrogens (tertiary/aromatic N) is 1. The highest BCUT2D eigenvalue weighted by atomic mass is 16.3. The number of aliphatic hydroxyl groups excluding tert-OH is 2. The lowest BCUT2D eigenvalue weighted by molar-refractivity contribution is -0.144. The van der Waals surface area contributed by atoms with Crippen LogP contribution in [0.25, 0.3) is 10.8 Å². The lowest BCUT2D eigenvalue weighted by Crippen LogP contribution is -2.57. The predicted molar refractivity (Wildman–Crippen MR) is 126 cm³/mol. The molecule has 186 valence electrons. The summed E-state index contributed by atoms with van der Waals surface area (Å²) in [6.45, 7) is 0. The summed E-state index contributed by atoms with van der Waals surface area (Å²) in [7, 11) is 3.18. The van der Waals surface area contributed by atoms with E-state index in [4.69, 9.17) is 5.73 Å². The van der Waals surface area contributed by atoms with Gasteiger partial charge in [-0.2, -0.15) is 0 Å². The minimum Gasteiger partial charge on any atom is -0.511 e. The van der Waals surface area contributed by atoms with Gasteiger partial charge in [-0.1, -0.05) is 12.1 Å². The summed E-state index contributed by atoms with van der Waals surface area (Å²) in [6.07, 6.45) is 0.00924. The van der Waals surface area contributed by atoms with Gasteiger partial charge in [-0.05, 0) is 41.8 Å². The molecule has 5 rings (SSSR count). The molecule has 6 N–H and O–H groups in total. The van der Waals surface area contributed by atoms with Crippen molar-refractivity contribution in [2.45, 2.75) is 24.9 Å². The number of amides is 2. The van der Waals surface area contributed by atoms with E-state index in [1.807, 2.05) is 0 Å². The Bertz CT molecular complexity index is 1480. The van der Waals surface area contributed by atoms with E-state index >= 15 is 0 Å². The van der Waals surface area contributed by atoms with Gasteiger partial charge in [0, 0.05) is 43.0 Å². The number of phenols is 1. The van der Waals surface area contributed by atoms with E-state index in [1.54, 1.807) is 32.3 Å². The Morgan fingerprint density at radius 3 is 2.42 bits per heavy atom. The van der Waals surface area contributed by atoms with E-state index in [9.17, 15) is 39.6 Å². The third-order valence-electron chi connectivity index (χ3n) is 7.52. The van der Waals surface area contributed by atoms with Crippen LogP contribution in [0.4, 0.5) is 0 Å². The molecule has 0 fully saturated rings. The number of aliphatic hydroxyl groups is 3. The van der Waals surface area contributed by atoms with Crippen LogP contribution in [0.5, 0.6) is 5.75 Å². The van der Waals surface area contributed by atoms with Gasteiger partial charge in [0.25, 0.3) is 11.8 Å². The minimum atomic E-state index is -2.60. The number of ketones is 2. The molecule has 3 atom stereocenters. The highest BCUT2D eigenvalue weighted by molar-refractivity contribution is 6.24. The van der Waals surface area contributed by atoms with Gasteiger partial charge in [0.1, 0.15) is 22.8 Å². The van der Waals surface area contributed by atoms with Crippen molar-refractivity contribution in [3.8, 4) is 5.75 Å². The first-order chi connectivity index (χ1) is 16.9. The SMILES string of the molecule is CN(C)C(=O)c1ccc2cc3c(c(O)c2c1)C(=O)C1=C(O)[C@]2(O)C(=O)C(C(N)=O)=C(O)C[C@@H]2CC1C3.